The minimum atomic E-state index is 0.0752. The van der Waals surface area contributed by atoms with Crippen molar-refractivity contribution >= 4 is 22.9 Å². The van der Waals surface area contributed by atoms with Crippen molar-refractivity contribution < 1.29 is 9.59 Å². The van der Waals surface area contributed by atoms with E-state index < -0.39 is 0 Å². The Kier molecular flexibility index (Phi) is 10.9. The van der Waals surface area contributed by atoms with E-state index in [9.17, 15) is 9.59 Å². The highest BCUT2D eigenvalue weighted by molar-refractivity contribution is 6.09. The van der Waals surface area contributed by atoms with Gasteiger partial charge in [0.15, 0.2) is 11.6 Å². The normalized spacial score (nSPS) is 10.2. The van der Waals surface area contributed by atoms with Crippen LogP contribution in [0.25, 0.3) is 0 Å². The van der Waals surface area contributed by atoms with Gasteiger partial charge in [0.2, 0.25) is 0 Å². The van der Waals surface area contributed by atoms with E-state index >= 15 is 0 Å². The van der Waals surface area contributed by atoms with Crippen molar-refractivity contribution in [2.45, 2.75) is 27.7 Å². The first kappa shape index (κ1) is 28.4. The predicted octanol–water partition coefficient (Wildman–Crippen LogP) is 7.53. The third kappa shape index (κ3) is 7.42. The van der Waals surface area contributed by atoms with Crippen molar-refractivity contribution in [3.63, 3.8) is 0 Å². The SMILES string of the molecule is CCN(CC)c1ccc(C(=O)c2ccc(N(CC)CC)cc2)cc1.O=C(c1ccccc1)c1ccccc1. The third-order valence-corrected chi connectivity index (χ3v) is 6.59. The number of rotatable bonds is 10. The lowest BCUT2D eigenvalue weighted by molar-refractivity contribution is 0.103. The first-order valence-corrected chi connectivity index (χ1v) is 13.4. The van der Waals surface area contributed by atoms with Crippen LogP contribution in [0.2, 0.25) is 0 Å². The fourth-order valence-corrected chi connectivity index (χ4v) is 4.34. The van der Waals surface area contributed by atoms with Crippen molar-refractivity contribution in [3.05, 3.63) is 131 Å². The van der Waals surface area contributed by atoms with Crippen LogP contribution < -0.4 is 9.80 Å². The molecule has 0 aliphatic rings. The largest absolute Gasteiger partial charge is 0.372 e. The van der Waals surface area contributed by atoms with Crippen molar-refractivity contribution in [1.82, 2.24) is 0 Å². The zero-order chi connectivity index (χ0) is 27.3. The lowest BCUT2D eigenvalue weighted by atomic mass is 10.0. The summed E-state index contributed by atoms with van der Waals surface area (Å²) in [5, 5.41) is 0. The van der Waals surface area contributed by atoms with Crippen LogP contribution in [0.15, 0.2) is 109 Å². The van der Waals surface area contributed by atoms with Gasteiger partial charge in [-0.2, -0.15) is 0 Å². The molecule has 0 fully saturated rings. The van der Waals surface area contributed by atoms with Gasteiger partial charge < -0.3 is 9.80 Å². The van der Waals surface area contributed by atoms with Crippen LogP contribution in [-0.2, 0) is 0 Å². The Morgan fingerprint density at radius 2 is 0.684 bits per heavy atom. The molecule has 4 heteroatoms. The van der Waals surface area contributed by atoms with Crippen LogP contribution in [0, 0.1) is 0 Å². The zero-order valence-corrected chi connectivity index (χ0v) is 22.9. The summed E-state index contributed by atoms with van der Waals surface area (Å²) in [6, 6.07) is 34.4. The zero-order valence-electron chi connectivity index (χ0n) is 22.9. The Labute approximate surface area is 227 Å². The Morgan fingerprint density at radius 1 is 0.421 bits per heavy atom. The fourth-order valence-electron chi connectivity index (χ4n) is 4.34. The van der Waals surface area contributed by atoms with E-state index in [-0.39, 0.29) is 11.6 Å². The minimum absolute atomic E-state index is 0.0752. The highest BCUT2D eigenvalue weighted by Crippen LogP contribution is 2.20. The summed E-state index contributed by atoms with van der Waals surface area (Å²) in [4.78, 5) is 29.0. The van der Waals surface area contributed by atoms with E-state index in [1.165, 1.54) is 0 Å². The average molecular weight is 507 g/mol. The molecule has 0 aliphatic carbocycles. The Bertz CT molecular complexity index is 1160. The summed E-state index contributed by atoms with van der Waals surface area (Å²) in [6.07, 6.45) is 0. The number of ketones is 2. The minimum Gasteiger partial charge on any atom is -0.372 e. The molecule has 0 aliphatic heterocycles. The second kappa shape index (κ2) is 14.5. The summed E-state index contributed by atoms with van der Waals surface area (Å²) in [6.45, 7) is 12.4. The summed E-state index contributed by atoms with van der Waals surface area (Å²) >= 11 is 0. The van der Waals surface area contributed by atoms with Crippen LogP contribution in [0.5, 0.6) is 0 Å². The molecule has 0 saturated heterocycles. The molecular weight excluding hydrogens is 468 g/mol. The van der Waals surface area contributed by atoms with Crippen LogP contribution in [0.3, 0.4) is 0 Å². The molecule has 0 N–H and O–H groups in total. The molecule has 4 nitrogen and oxygen atoms in total. The summed E-state index contributed by atoms with van der Waals surface area (Å²) in [7, 11) is 0. The van der Waals surface area contributed by atoms with Crippen molar-refractivity contribution in [1.29, 1.82) is 0 Å². The van der Waals surface area contributed by atoms with Gasteiger partial charge in [0, 0.05) is 59.8 Å². The maximum atomic E-state index is 12.7. The Morgan fingerprint density at radius 3 is 0.947 bits per heavy atom. The maximum Gasteiger partial charge on any atom is 0.193 e. The first-order chi connectivity index (χ1) is 18.5. The van der Waals surface area contributed by atoms with Gasteiger partial charge in [-0.05, 0) is 76.2 Å². The first-order valence-electron chi connectivity index (χ1n) is 13.4. The lowest BCUT2D eigenvalue weighted by Gasteiger charge is -2.21. The van der Waals surface area contributed by atoms with Crippen molar-refractivity contribution in [2.24, 2.45) is 0 Å². The van der Waals surface area contributed by atoms with E-state index in [1.54, 1.807) is 0 Å². The monoisotopic (exact) mass is 506 g/mol. The molecule has 0 radical (unpaired) electrons. The lowest BCUT2D eigenvalue weighted by Crippen LogP contribution is -2.22. The second-order valence-corrected chi connectivity index (χ2v) is 8.83. The molecule has 0 aromatic heterocycles. The number of hydrogen-bond acceptors (Lipinski definition) is 4. The van der Waals surface area contributed by atoms with Crippen LogP contribution in [0.4, 0.5) is 11.4 Å². The predicted molar refractivity (Wildman–Crippen MR) is 160 cm³/mol. The fraction of sp³-hybridized carbons (Fsp3) is 0.235. The van der Waals surface area contributed by atoms with Crippen molar-refractivity contribution in [2.75, 3.05) is 36.0 Å². The standard InChI is InChI=1S/C21H28N2O.C13H10O/c1-5-22(6-2)19-13-9-17(10-14-19)21(24)18-11-15-20(16-12-18)23(7-3)8-4;14-13(11-7-3-1-4-8-11)12-9-5-2-6-10-12/h9-16H,5-8H2,1-4H3;1-10H. The number of benzene rings is 4. The van der Waals surface area contributed by atoms with E-state index in [4.69, 9.17) is 0 Å². The number of anilines is 2. The van der Waals surface area contributed by atoms with E-state index in [2.05, 4.69) is 37.5 Å². The molecule has 0 atom stereocenters. The molecule has 0 bridgehead atoms. The molecule has 0 heterocycles. The molecule has 0 unspecified atom stereocenters. The molecule has 196 valence electrons. The third-order valence-electron chi connectivity index (χ3n) is 6.59. The Hall–Kier alpha value is -4.18. The maximum absolute atomic E-state index is 12.7. The number of hydrogen-bond donors (Lipinski definition) is 0. The average Bonchev–Trinajstić information content (AvgIpc) is 2.99. The summed E-state index contributed by atoms with van der Waals surface area (Å²) in [5.74, 6) is 0.151. The molecule has 0 saturated carbocycles. The number of carbonyl (C=O) groups is 2. The molecular formula is C34H38N2O2. The van der Waals surface area contributed by atoms with E-state index in [0.717, 1.165) is 59.8 Å². The van der Waals surface area contributed by atoms with Gasteiger partial charge in [-0.3, -0.25) is 9.59 Å². The van der Waals surface area contributed by atoms with Gasteiger partial charge in [-0.1, -0.05) is 60.7 Å². The van der Waals surface area contributed by atoms with Gasteiger partial charge in [0.1, 0.15) is 0 Å². The van der Waals surface area contributed by atoms with Crippen LogP contribution in [-0.4, -0.2) is 37.7 Å². The highest BCUT2D eigenvalue weighted by atomic mass is 16.1. The van der Waals surface area contributed by atoms with Gasteiger partial charge in [0.25, 0.3) is 0 Å². The quantitative estimate of drug-likeness (QED) is 0.209. The molecule has 4 aromatic rings. The van der Waals surface area contributed by atoms with Crippen LogP contribution >= 0.6 is 0 Å². The Balaban J connectivity index is 0.000000241. The van der Waals surface area contributed by atoms with Crippen LogP contribution in [0.1, 0.15) is 59.5 Å². The second-order valence-electron chi connectivity index (χ2n) is 8.83. The van der Waals surface area contributed by atoms with Gasteiger partial charge in [0.05, 0.1) is 0 Å². The molecule has 4 aromatic carbocycles. The molecule has 38 heavy (non-hydrogen) atoms. The molecule has 0 spiro atoms. The smallest absolute Gasteiger partial charge is 0.193 e. The number of carbonyl (C=O) groups excluding carboxylic acids is 2. The van der Waals surface area contributed by atoms with Gasteiger partial charge in [-0.15, -0.1) is 0 Å². The molecule has 0 amide bonds. The van der Waals surface area contributed by atoms with Gasteiger partial charge >= 0.3 is 0 Å². The van der Waals surface area contributed by atoms with E-state index in [1.807, 2.05) is 109 Å². The number of nitrogens with zero attached hydrogens (tertiary/aromatic N) is 2. The summed E-state index contributed by atoms with van der Waals surface area (Å²) < 4.78 is 0. The molecule has 4 rings (SSSR count). The van der Waals surface area contributed by atoms with E-state index in [0.29, 0.717) is 0 Å². The summed E-state index contributed by atoms with van der Waals surface area (Å²) in [5.41, 5.74) is 5.27. The topological polar surface area (TPSA) is 40.6 Å². The highest BCUT2D eigenvalue weighted by Gasteiger charge is 2.11. The van der Waals surface area contributed by atoms with Crippen molar-refractivity contribution in [3.8, 4) is 0 Å². The van der Waals surface area contributed by atoms with Gasteiger partial charge in [-0.25, -0.2) is 0 Å².